The van der Waals surface area contributed by atoms with Gasteiger partial charge in [-0.15, -0.1) is 0 Å². The monoisotopic (exact) mass is 271 g/mol. The minimum absolute atomic E-state index is 0.217. The van der Waals surface area contributed by atoms with Crippen LogP contribution in [0.5, 0.6) is 5.75 Å². The molecule has 0 radical (unpaired) electrons. The summed E-state index contributed by atoms with van der Waals surface area (Å²) in [7, 11) is 3.30. The van der Waals surface area contributed by atoms with Gasteiger partial charge in [0, 0.05) is 23.7 Å². The summed E-state index contributed by atoms with van der Waals surface area (Å²) in [5, 5.41) is 5.14. The van der Waals surface area contributed by atoms with Crippen LogP contribution < -0.4 is 10.5 Å². The third-order valence-corrected chi connectivity index (χ3v) is 3.38. The van der Waals surface area contributed by atoms with Gasteiger partial charge in [0.1, 0.15) is 0 Å². The SMILES string of the molecule is COc1ccc(-c2cc3c(cnn3C)cc2N)cc1F. The van der Waals surface area contributed by atoms with E-state index in [-0.39, 0.29) is 5.75 Å². The van der Waals surface area contributed by atoms with Gasteiger partial charge in [0.2, 0.25) is 0 Å². The average molecular weight is 271 g/mol. The van der Waals surface area contributed by atoms with E-state index < -0.39 is 5.82 Å². The van der Waals surface area contributed by atoms with Crippen molar-refractivity contribution >= 4 is 16.6 Å². The molecule has 0 unspecified atom stereocenters. The lowest BCUT2D eigenvalue weighted by Crippen LogP contribution is -1.94. The van der Waals surface area contributed by atoms with Gasteiger partial charge in [-0.05, 0) is 29.8 Å². The van der Waals surface area contributed by atoms with Gasteiger partial charge in [-0.2, -0.15) is 5.10 Å². The van der Waals surface area contributed by atoms with Gasteiger partial charge in [0.05, 0.1) is 18.8 Å². The molecule has 1 heterocycles. The molecule has 20 heavy (non-hydrogen) atoms. The number of aryl methyl sites for hydroxylation is 1. The molecule has 0 amide bonds. The molecule has 0 aliphatic carbocycles. The van der Waals surface area contributed by atoms with Crippen LogP contribution in [0, 0.1) is 5.82 Å². The normalized spacial score (nSPS) is 10.9. The Bertz CT molecular complexity index is 795. The number of nitrogens with zero attached hydrogens (tertiary/aromatic N) is 2. The van der Waals surface area contributed by atoms with E-state index in [1.54, 1.807) is 23.0 Å². The fraction of sp³-hybridized carbons (Fsp3) is 0.133. The number of rotatable bonds is 2. The van der Waals surface area contributed by atoms with Crippen LogP contribution in [0.4, 0.5) is 10.1 Å². The Hall–Kier alpha value is -2.56. The van der Waals surface area contributed by atoms with Crippen molar-refractivity contribution < 1.29 is 9.13 Å². The number of nitrogens with two attached hydrogens (primary N) is 1. The number of nitrogen functional groups attached to an aromatic ring is 1. The highest BCUT2D eigenvalue weighted by Gasteiger charge is 2.10. The van der Waals surface area contributed by atoms with E-state index in [2.05, 4.69) is 5.10 Å². The molecular formula is C15H14FN3O. The van der Waals surface area contributed by atoms with E-state index in [0.29, 0.717) is 11.3 Å². The van der Waals surface area contributed by atoms with Crippen LogP contribution in [0.1, 0.15) is 0 Å². The van der Waals surface area contributed by atoms with Crippen LogP contribution in [-0.2, 0) is 7.05 Å². The number of ether oxygens (including phenoxy) is 1. The zero-order valence-corrected chi connectivity index (χ0v) is 11.2. The zero-order valence-electron chi connectivity index (χ0n) is 11.2. The Morgan fingerprint density at radius 3 is 2.75 bits per heavy atom. The lowest BCUT2D eigenvalue weighted by molar-refractivity contribution is 0.386. The number of methoxy groups -OCH3 is 1. The van der Waals surface area contributed by atoms with E-state index in [0.717, 1.165) is 16.5 Å². The molecule has 3 aromatic rings. The third kappa shape index (κ3) is 1.87. The summed E-state index contributed by atoms with van der Waals surface area (Å²) >= 11 is 0. The minimum Gasteiger partial charge on any atom is -0.494 e. The van der Waals surface area contributed by atoms with Crippen molar-refractivity contribution in [2.45, 2.75) is 0 Å². The first-order chi connectivity index (χ1) is 9.60. The highest BCUT2D eigenvalue weighted by atomic mass is 19.1. The van der Waals surface area contributed by atoms with Gasteiger partial charge in [-0.3, -0.25) is 4.68 Å². The van der Waals surface area contributed by atoms with E-state index >= 15 is 0 Å². The predicted octanol–water partition coefficient (Wildman–Crippen LogP) is 2.97. The molecule has 0 atom stereocenters. The largest absolute Gasteiger partial charge is 0.494 e. The van der Waals surface area contributed by atoms with Crippen molar-refractivity contribution in [1.82, 2.24) is 9.78 Å². The maximum absolute atomic E-state index is 13.8. The van der Waals surface area contributed by atoms with Crippen molar-refractivity contribution in [3.63, 3.8) is 0 Å². The average Bonchev–Trinajstić information content (AvgIpc) is 2.78. The molecular weight excluding hydrogens is 257 g/mol. The minimum atomic E-state index is -0.408. The Kier molecular flexibility index (Phi) is 2.82. The first-order valence-corrected chi connectivity index (χ1v) is 6.15. The van der Waals surface area contributed by atoms with Gasteiger partial charge in [-0.25, -0.2) is 4.39 Å². The molecule has 2 aromatic carbocycles. The predicted molar refractivity (Wildman–Crippen MR) is 77.1 cm³/mol. The maximum atomic E-state index is 13.8. The molecule has 102 valence electrons. The second-order valence-electron chi connectivity index (χ2n) is 4.62. The second-order valence-corrected chi connectivity index (χ2v) is 4.62. The Morgan fingerprint density at radius 1 is 1.25 bits per heavy atom. The number of hydrogen-bond acceptors (Lipinski definition) is 3. The summed E-state index contributed by atoms with van der Waals surface area (Å²) < 4.78 is 20.5. The zero-order chi connectivity index (χ0) is 14.3. The van der Waals surface area contributed by atoms with E-state index in [4.69, 9.17) is 10.5 Å². The first kappa shape index (κ1) is 12.5. The number of fused-ring (bicyclic) bond motifs is 1. The fourth-order valence-electron chi connectivity index (χ4n) is 2.30. The Balaban J connectivity index is 2.20. The molecule has 4 nitrogen and oxygen atoms in total. The molecule has 0 aliphatic rings. The van der Waals surface area contributed by atoms with Gasteiger partial charge < -0.3 is 10.5 Å². The summed E-state index contributed by atoms with van der Waals surface area (Å²) in [5.41, 5.74) is 9.09. The third-order valence-electron chi connectivity index (χ3n) is 3.38. The highest BCUT2D eigenvalue weighted by molar-refractivity contribution is 5.91. The van der Waals surface area contributed by atoms with Crippen molar-refractivity contribution in [2.24, 2.45) is 7.05 Å². The molecule has 0 fully saturated rings. The van der Waals surface area contributed by atoms with Crippen LogP contribution in [0.2, 0.25) is 0 Å². The van der Waals surface area contributed by atoms with Crippen LogP contribution in [0.3, 0.4) is 0 Å². The van der Waals surface area contributed by atoms with Crippen molar-refractivity contribution in [1.29, 1.82) is 0 Å². The molecule has 0 saturated heterocycles. The maximum Gasteiger partial charge on any atom is 0.165 e. The van der Waals surface area contributed by atoms with Gasteiger partial charge in [-0.1, -0.05) is 6.07 Å². The quantitative estimate of drug-likeness (QED) is 0.729. The smallest absolute Gasteiger partial charge is 0.165 e. The van der Waals surface area contributed by atoms with Crippen molar-refractivity contribution in [3.8, 4) is 16.9 Å². The number of benzene rings is 2. The molecule has 0 aliphatic heterocycles. The van der Waals surface area contributed by atoms with E-state index in [1.165, 1.54) is 13.2 Å². The summed E-state index contributed by atoms with van der Waals surface area (Å²) in [5.74, 6) is -0.191. The van der Waals surface area contributed by atoms with Crippen molar-refractivity contribution in [3.05, 3.63) is 42.3 Å². The summed E-state index contributed by atoms with van der Waals surface area (Å²) in [6, 6.07) is 8.57. The van der Waals surface area contributed by atoms with Gasteiger partial charge >= 0.3 is 0 Å². The molecule has 0 saturated carbocycles. The number of halogens is 1. The summed E-state index contributed by atoms with van der Waals surface area (Å²) in [6.07, 6.45) is 1.75. The lowest BCUT2D eigenvalue weighted by atomic mass is 10.0. The standard InChI is InChI=1S/C15H14FN3O/c1-19-14-7-11(13(17)6-10(14)8-18-19)9-3-4-15(20-2)12(16)5-9/h3-8H,17H2,1-2H3. The van der Waals surface area contributed by atoms with Gasteiger partial charge in [0.15, 0.2) is 11.6 Å². The van der Waals surface area contributed by atoms with Gasteiger partial charge in [0.25, 0.3) is 0 Å². The summed E-state index contributed by atoms with van der Waals surface area (Å²) in [4.78, 5) is 0. The lowest BCUT2D eigenvalue weighted by Gasteiger charge is -2.09. The Morgan fingerprint density at radius 2 is 2.05 bits per heavy atom. The molecule has 0 spiro atoms. The van der Waals surface area contributed by atoms with Crippen LogP contribution in [-0.4, -0.2) is 16.9 Å². The fourth-order valence-corrected chi connectivity index (χ4v) is 2.30. The number of aromatic nitrogens is 2. The molecule has 1 aromatic heterocycles. The Labute approximate surface area is 115 Å². The van der Waals surface area contributed by atoms with Crippen LogP contribution in [0.25, 0.3) is 22.0 Å². The van der Waals surface area contributed by atoms with E-state index in [9.17, 15) is 4.39 Å². The first-order valence-electron chi connectivity index (χ1n) is 6.15. The molecule has 0 bridgehead atoms. The summed E-state index contributed by atoms with van der Waals surface area (Å²) in [6.45, 7) is 0. The van der Waals surface area contributed by atoms with Crippen LogP contribution in [0.15, 0.2) is 36.5 Å². The molecule has 5 heteroatoms. The topological polar surface area (TPSA) is 53.1 Å². The molecule has 2 N–H and O–H groups in total. The number of anilines is 1. The second kappa shape index (κ2) is 4.52. The molecule has 3 rings (SSSR count). The highest BCUT2D eigenvalue weighted by Crippen LogP contribution is 2.32. The van der Waals surface area contributed by atoms with E-state index in [1.807, 2.05) is 19.2 Å². The van der Waals surface area contributed by atoms with Crippen LogP contribution >= 0.6 is 0 Å². The van der Waals surface area contributed by atoms with Crippen molar-refractivity contribution in [2.75, 3.05) is 12.8 Å². The number of hydrogen-bond donors (Lipinski definition) is 1.